The number of hydrogen-bond donors (Lipinski definition) is 3. The topological polar surface area (TPSA) is 115 Å². The van der Waals surface area contributed by atoms with E-state index in [1.54, 1.807) is 18.2 Å². The number of rotatable bonds is 6. The zero-order chi connectivity index (χ0) is 20.1. The predicted octanol–water partition coefficient (Wildman–Crippen LogP) is 1.88. The van der Waals surface area contributed by atoms with E-state index in [-0.39, 0.29) is 36.3 Å². The first kappa shape index (κ1) is 19.0. The van der Waals surface area contributed by atoms with Crippen LogP contribution in [0.4, 0.5) is 15.9 Å². The second kappa shape index (κ2) is 8.30. The van der Waals surface area contributed by atoms with E-state index in [0.717, 1.165) is 15.8 Å². The molecule has 1 heterocycles. The molecule has 28 heavy (non-hydrogen) atoms. The monoisotopic (exact) mass is 382 g/mol. The number of benzene rings is 2. The zero-order valence-corrected chi connectivity index (χ0v) is 15.1. The lowest BCUT2D eigenvalue weighted by molar-refractivity contribution is -0.116. The first-order valence-corrected chi connectivity index (χ1v) is 8.51. The maximum Gasteiger partial charge on any atom is 0.275 e. The van der Waals surface area contributed by atoms with Crippen LogP contribution in [0.3, 0.4) is 0 Å². The third kappa shape index (κ3) is 4.50. The molecule has 8 nitrogen and oxygen atoms in total. The molecule has 0 saturated heterocycles. The number of carbonyl (C=O) groups excluding carboxylic acids is 2. The van der Waals surface area contributed by atoms with Crippen molar-refractivity contribution in [1.82, 2.24) is 20.3 Å². The first-order chi connectivity index (χ1) is 13.4. The van der Waals surface area contributed by atoms with E-state index in [2.05, 4.69) is 20.9 Å². The summed E-state index contributed by atoms with van der Waals surface area (Å²) in [5, 5.41) is 12.9. The second-order valence-electron chi connectivity index (χ2n) is 6.15. The number of halogens is 1. The largest absolute Gasteiger partial charge is 0.382 e. The van der Waals surface area contributed by atoms with Crippen molar-refractivity contribution in [2.45, 2.75) is 20.0 Å². The molecule has 2 amide bonds. The molecule has 0 fully saturated rings. The van der Waals surface area contributed by atoms with E-state index in [4.69, 9.17) is 5.73 Å². The molecule has 0 aliphatic rings. The van der Waals surface area contributed by atoms with Gasteiger partial charge in [0.2, 0.25) is 5.91 Å². The van der Waals surface area contributed by atoms with Gasteiger partial charge < -0.3 is 16.4 Å². The molecule has 4 N–H and O–H groups in total. The van der Waals surface area contributed by atoms with Crippen molar-refractivity contribution in [1.29, 1.82) is 0 Å². The van der Waals surface area contributed by atoms with Crippen molar-refractivity contribution in [2.24, 2.45) is 0 Å². The Bertz CT molecular complexity index is 1000. The normalized spacial score (nSPS) is 10.5. The predicted molar refractivity (Wildman–Crippen MR) is 102 cm³/mol. The summed E-state index contributed by atoms with van der Waals surface area (Å²) in [6.07, 6.45) is 0. The Morgan fingerprint density at radius 3 is 2.57 bits per heavy atom. The molecule has 0 aliphatic carbocycles. The molecular formula is C19H19FN6O2. The highest BCUT2D eigenvalue weighted by atomic mass is 19.1. The Labute approximate surface area is 160 Å². The van der Waals surface area contributed by atoms with Crippen molar-refractivity contribution < 1.29 is 14.0 Å². The van der Waals surface area contributed by atoms with Gasteiger partial charge in [0, 0.05) is 12.2 Å². The lowest BCUT2D eigenvalue weighted by Gasteiger charge is -2.08. The molecule has 144 valence electrons. The highest BCUT2D eigenvalue weighted by molar-refractivity contribution is 5.97. The zero-order valence-electron chi connectivity index (χ0n) is 15.1. The van der Waals surface area contributed by atoms with Crippen molar-refractivity contribution in [3.63, 3.8) is 0 Å². The summed E-state index contributed by atoms with van der Waals surface area (Å²) in [5.41, 5.74) is 8.16. The van der Waals surface area contributed by atoms with E-state index in [1.807, 2.05) is 25.1 Å². The van der Waals surface area contributed by atoms with Gasteiger partial charge in [-0.25, -0.2) is 9.07 Å². The maximum atomic E-state index is 12.9. The van der Waals surface area contributed by atoms with Crippen molar-refractivity contribution in [3.8, 4) is 0 Å². The lowest BCUT2D eigenvalue weighted by Crippen LogP contribution is -2.25. The fourth-order valence-electron chi connectivity index (χ4n) is 2.51. The van der Waals surface area contributed by atoms with Crippen LogP contribution in [0.1, 0.15) is 21.6 Å². The number of anilines is 2. The average Bonchev–Trinajstić information content (AvgIpc) is 3.03. The number of nitrogens with one attached hydrogen (secondary N) is 2. The van der Waals surface area contributed by atoms with Crippen LogP contribution in [-0.4, -0.2) is 26.8 Å². The summed E-state index contributed by atoms with van der Waals surface area (Å²) in [4.78, 5) is 24.5. The Kier molecular flexibility index (Phi) is 5.64. The number of nitrogens with zero attached hydrogens (tertiary/aromatic N) is 3. The van der Waals surface area contributed by atoms with E-state index >= 15 is 0 Å². The number of nitrogens with two attached hydrogens (primary N) is 1. The quantitative estimate of drug-likeness (QED) is 0.602. The van der Waals surface area contributed by atoms with Gasteiger partial charge in [-0.15, -0.1) is 5.10 Å². The van der Waals surface area contributed by atoms with Crippen LogP contribution < -0.4 is 16.4 Å². The highest BCUT2D eigenvalue weighted by Crippen LogP contribution is 2.14. The fraction of sp³-hybridized carbons (Fsp3) is 0.158. The Morgan fingerprint density at radius 2 is 1.86 bits per heavy atom. The summed E-state index contributed by atoms with van der Waals surface area (Å²) in [6.45, 7) is 1.88. The van der Waals surface area contributed by atoms with Crippen molar-refractivity contribution in [2.75, 3.05) is 11.1 Å². The van der Waals surface area contributed by atoms with Gasteiger partial charge in [-0.2, -0.15) is 0 Å². The minimum Gasteiger partial charge on any atom is -0.382 e. The van der Waals surface area contributed by atoms with Gasteiger partial charge in [-0.1, -0.05) is 35.5 Å². The van der Waals surface area contributed by atoms with Gasteiger partial charge in [0.25, 0.3) is 5.91 Å². The molecule has 3 rings (SSSR count). The number of aromatic nitrogens is 3. The number of para-hydroxylation sites is 1. The molecule has 0 saturated carbocycles. The van der Waals surface area contributed by atoms with Crippen LogP contribution in [0, 0.1) is 12.7 Å². The summed E-state index contributed by atoms with van der Waals surface area (Å²) in [7, 11) is 0. The number of amides is 2. The summed E-state index contributed by atoms with van der Waals surface area (Å²) in [6, 6.07) is 13.1. The lowest BCUT2D eigenvalue weighted by atomic mass is 10.2. The maximum absolute atomic E-state index is 12.9. The van der Waals surface area contributed by atoms with Crippen LogP contribution in [0.2, 0.25) is 0 Å². The van der Waals surface area contributed by atoms with E-state index in [1.165, 1.54) is 12.1 Å². The van der Waals surface area contributed by atoms with Crippen LogP contribution in [0.15, 0.2) is 48.5 Å². The van der Waals surface area contributed by atoms with E-state index in [0.29, 0.717) is 5.69 Å². The summed E-state index contributed by atoms with van der Waals surface area (Å²) in [5.74, 6) is -1.25. The number of carbonyl (C=O) groups is 2. The van der Waals surface area contributed by atoms with Crippen molar-refractivity contribution in [3.05, 3.63) is 71.2 Å². The Morgan fingerprint density at radius 1 is 1.14 bits per heavy atom. The fourth-order valence-corrected chi connectivity index (χ4v) is 2.51. The van der Waals surface area contributed by atoms with Gasteiger partial charge in [0.05, 0.1) is 0 Å². The summed E-state index contributed by atoms with van der Waals surface area (Å²) >= 11 is 0. The molecule has 3 aromatic rings. The third-order valence-electron chi connectivity index (χ3n) is 4.07. The minimum absolute atomic E-state index is 0.0171. The second-order valence-corrected chi connectivity index (χ2v) is 6.15. The molecule has 0 bridgehead atoms. The number of aryl methyl sites for hydroxylation is 1. The molecule has 0 unspecified atom stereocenters. The average molecular weight is 382 g/mol. The van der Waals surface area contributed by atoms with Gasteiger partial charge in [0.15, 0.2) is 11.5 Å². The SMILES string of the molecule is Cc1ccccc1NC(=O)Cn1nnc(C(=O)NCc2ccc(F)cc2)c1N. The first-order valence-electron chi connectivity index (χ1n) is 8.51. The number of hydrogen-bond acceptors (Lipinski definition) is 5. The number of nitrogen functional groups attached to an aromatic ring is 1. The molecule has 0 radical (unpaired) electrons. The molecular weight excluding hydrogens is 363 g/mol. The Hall–Kier alpha value is -3.75. The van der Waals surface area contributed by atoms with Crippen LogP contribution >= 0.6 is 0 Å². The van der Waals surface area contributed by atoms with Crippen LogP contribution in [-0.2, 0) is 17.9 Å². The van der Waals surface area contributed by atoms with Gasteiger partial charge >= 0.3 is 0 Å². The smallest absolute Gasteiger partial charge is 0.275 e. The van der Waals surface area contributed by atoms with E-state index in [9.17, 15) is 14.0 Å². The molecule has 1 aromatic heterocycles. The molecule has 0 aliphatic heterocycles. The van der Waals surface area contributed by atoms with Crippen LogP contribution in [0.25, 0.3) is 0 Å². The standard InChI is InChI=1S/C19H19FN6O2/c1-12-4-2-3-5-15(12)23-16(27)11-26-18(21)17(24-25-26)19(28)22-10-13-6-8-14(20)9-7-13/h2-9H,10-11,21H2,1H3,(H,22,28)(H,23,27). The molecule has 9 heteroatoms. The molecule has 2 aromatic carbocycles. The minimum atomic E-state index is -0.535. The van der Waals surface area contributed by atoms with Gasteiger partial charge in [-0.3, -0.25) is 9.59 Å². The third-order valence-corrected chi connectivity index (χ3v) is 4.07. The van der Waals surface area contributed by atoms with Gasteiger partial charge in [-0.05, 0) is 36.2 Å². The summed E-state index contributed by atoms with van der Waals surface area (Å²) < 4.78 is 14.1. The molecule has 0 atom stereocenters. The Balaban J connectivity index is 1.61. The van der Waals surface area contributed by atoms with Crippen molar-refractivity contribution >= 4 is 23.3 Å². The van der Waals surface area contributed by atoms with Crippen LogP contribution in [0.5, 0.6) is 0 Å². The molecule has 0 spiro atoms. The highest BCUT2D eigenvalue weighted by Gasteiger charge is 2.19. The van der Waals surface area contributed by atoms with Gasteiger partial charge in [0.1, 0.15) is 12.4 Å². The van der Waals surface area contributed by atoms with E-state index < -0.39 is 5.91 Å².